The molecule has 0 saturated heterocycles. The Hall–Kier alpha value is -0.340. The molecule has 0 bridgehead atoms. The lowest BCUT2D eigenvalue weighted by Crippen LogP contribution is -2.29. The molecule has 88 valence electrons. The van der Waals surface area contributed by atoms with Gasteiger partial charge in [0.25, 0.3) is 0 Å². The van der Waals surface area contributed by atoms with Crippen LogP contribution in [0.1, 0.15) is 39.5 Å². The normalized spacial score (nSPS) is 20.1. The molecule has 1 rings (SSSR count). The van der Waals surface area contributed by atoms with E-state index in [0.717, 1.165) is 19.0 Å². The third kappa shape index (κ3) is 5.33. The Morgan fingerprint density at radius 2 is 2.27 bits per heavy atom. The Labute approximate surface area is 94.5 Å². The van der Waals surface area contributed by atoms with Gasteiger partial charge in [-0.3, -0.25) is 4.90 Å². The lowest BCUT2D eigenvalue weighted by atomic mass is 10.0. The van der Waals surface area contributed by atoms with Gasteiger partial charge in [0.05, 0.1) is 0 Å². The molecule has 1 unspecified atom stereocenters. The SMILES string of the molecule is CC1=CCN(CCCC(C)CCN)CC1. The maximum Gasteiger partial charge on any atom is 0.0165 e. The van der Waals surface area contributed by atoms with Crippen LogP contribution < -0.4 is 5.73 Å². The number of hydrogen-bond donors (Lipinski definition) is 1. The van der Waals surface area contributed by atoms with E-state index in [-0.39, 0.29) is 0 Å². The number of nitrogens with zero attached hydrogens (tertiary/aromatic N) is 1. The zero-order valence-corrected chi connectivity index (χ0v) is 10.3. The molecule has 15 heavy (non-hydrogen) atoms. The smallest absolute Gasteiger partial charge is 0.0165 e. The van der Waals surface area contributed by atoms with Crippen LogP contribution in [0.25, 0.3) is 0 Å². The van der Waals surface area contributed by atoms with Crippen LogP contribution in [-0.2, 0) is 0 Å². The van der Waals surface area contributed by atoms with Crippen LogP contribution in [0, 0.1) is 5.92 Å². The molecule has 2 nitrogen and oxygen atoms in total. The topological polar surface area (TPSA) is 29.3 Å². The Balaban J connectivity index is 2.05. The highest BCUT2D eigenvalue weighted by Gasteiger charge is 2.09. The second-order valence-corrected chi connectivity index (χ2v) is 4.93. The van der Waals surface area contributed by atoms with E-state index in [9.17, 15) is 0 Å². The Morgan fingerprint density at radius 3 is 2.87 bits per heavy atom. The van der Waals surface area contributed by atoms with Gasteiger partial charge < -0.3 is 5.73 Å². The first-order valence-corrected chi connectivity index (χ1v) is 6.30. The van der Waals surface area contributed by atoms with E-state index in [1.54, 1.807) is 5.57 Å². The summed E-state index contributed by atoms with van der Waals surface area (Å²) in [7, 11) is 0. The molecule has 1 aliphatic rings. The summed E-state index contributed by atoms with van der Waals surface area (Å²) in [6.07, 6.45) is 7.47. The third-order valence-corrected chi connectivity index (χ3v) is 3.35. The second-order valence-electron chi connectivity index (χ2n) is 4.93. The van der Waals surface area contributed by atoms with E-state index < -0.39 is 0 Å². The van der Waals surface area contributed by atoms with Crippen molar-refractivity contribution in [3.8, 4) is 0 Å². The van der Waals surface area contributed by atoms with Crippen molar-refractivity contribution in [3.63, 3.8) is 0 Å². The van der Waals surface area contributed by atoms with Crippen molar-refractivity contribution in [3.05, 3.63) is 11.6 Å². The van der Waals surface area contributed by atoms with Crippen molar-refractivity contribution < 1.29 is 0 Å². The molecular formula is C13H26N2. The molecule has 1 aliphatic heterocycles. The lowest BCUT2D eigenvalue weighted by Gasteiger charge is -2.25. The molecule has 0 radical (unpaired) electrons. The average Bonchev–Trinajstić information content (AvgIpc) is 2.21. The Bertz CT molecular complexity index is 199. The van der Waals surface area contributed by atoms with E-state index in [1.165, 1.54) is 38.8 Å². The summed E-state index contributed by atoms with van der Waals surface area (Å²) in [5.74, 6) is 0.803. The lowest BCUT2D eigenvalue weighted by molar-refractivity contribution is 0.278. The van der Waals surface area contributed by atoms with Gasteiger partial charge in [0.2, 0.25) is 0 Å². The number of nitrogens with two attached hydrogens (primary N) is 1. The predicted molar refractivity (Wildman–Crippen MR) is 66.9 cm³/mol. The average molecular weight is 210 g/mol. The van der Waals surface area contributed by atoms with Crippen LogP contribution >= 0.6 is 0 Å². The van der Waals surface area contributed by atoms with Gasteiger partial charge in [-0.25, -0.2) is 0 Å². The monoisotopic (exact) mass is 210 g/mol. The van der Waals surface area contributed by atoms with E-state index in [0.29, 0.717) is 0 Å². The zero-order valence-electron chi connectivity index (χ0n) is 10.3. The summed E-state index contributed by atoms with van der Waals surface area (Å²) in [6, 6.07) is 0. The van der Waals surface area contributed by atoms with Crippen molar-refractivity contribution in [2.75, 3.05) is 26.2 Å². The standard InChI is InChI=1S/C13H26N2/c1-12(5-8-14)4-3-9-15-10-6-13(2)7-11-15/h6,12H,3-5,7-11,14H2,1-2H3. The molecule has 0 amide bonds. The zero-order chi connectivity index (χ0) is 11.1. The van der Waals surface area contributed by atoms with Crippen molar-refractivity contribution in [2.45, 2.75) is 39.5 Å². The first-order valence-electron chi connectivity index (χ1n) is 6.30. The Kier molecular flexibility index (Phi) is 5.96. The van der Waals surface area contributed by atoms with Gasteiger partial charge in [0.15, 0.2) is 0 Å². The van der Waals surface area contributed by atoms with Gasteiger partial charge in [0.1, 0.15) is 0 Å². The molecule has 0 aliphatic carbocycles. The van der Waals surface area contributed by atoms with E-state index >= 15 is 0 Å². The second kappa shape index (κ2) is 7.02. The highest BCUT2D eigenvalue weighted by Crippen LogP contribution is 2.13. The summed E-state index contributed by atoms with van der Waals surface area (Å²) >= 11 is 0. The fourth-order valence-electron chi connectivity index (χ4n) is 2.11. The van der Waals surface area contributed by atoms with Crippen LogP contribution in [0.2, 0.25) is 0 Å². The highest BCUT2D eigenvalue weighted by atomic mass is 15.1. The number of rotatable bonds is 6. The van der Waals surface area contributed by atoms with Crippen molar-refractivity contribution in [1.82, 2.24) is 4.90 Å². The fraction of sp³-hybridized carbons (Fsp3) is 0.846. The first kappa shape index (κ1) is 12.7. The molecule has 1 atom stereocenters. The summed E-state index contributed by atoms with van der Waals surface area (Å²) in [6.45, 7) is 9.07. The molecule has 0 aromatic rings. The van der Waals surface area contributed by atoms with E-state index in [1.807, 2.05) is 0 Å². The third-order valence-electron chi connectivity index (χ3n) is 3.35. The van der Waals surface area contributed by atoms with Gasteiger partial charge in [-0.2, -0.15) is 0 Å². The predicted octanol–water partition coefficient (Wildman–Crippen LogP) is 2.40. The minimum absolute atomic E-state index is 0.803. The van der Waals surface area contributed by atoms with Crippen LogP contribution in [-0.4, -0.2) is 31.1 Å². The minimum Gasteiger partial charge on any atom is -0.330 e. The van der Waals surface area contributed by atoms with Gasteiger partial charge >= 0.3 is 0 Å². The van der Waals surface area contributed by atoms with Gasteiger partial charge in [-0.05, 0) is 51.6 Å². The van der Waals surface area contributed by atoms with Crippen molar-refractivity contribution in [1.29, 1.82) is 0 Å². The molecule has 2 N–H and O–H groups in total. The largest absolute Gasteiger partial charge is 0.330 e. The molecule has 0 fully saturated rings. The van der Waals surface area contributed by atoms with Gasteiger partial charge in [0, 0.05) is 13.1 Å². The van der Waals surface area contributed by atoms with E-state index in [2.05, 4.69) is 24.8 Å². The molecule has 0 spiro atoms. The first-order chi connectivity index (χ1) is 7.22. The summed E-state index contributed by atoms with van der Waals surface area (Å²) in [5.41, 5.74) is 7.10. The van der Waals surface area contributed by atoms with E-state index in [4.69, 9.17) is 5.73 Å². The van der Waals surface area contributed by atoms with Crippen LogP contribution in [0.5, 0.6) is 0 Å². The maximum atomic E-state index is 5.54. The minimum atomic E-state index is 0.803. The van der Waals surface area contributed by atoms with Crippen LogP contribution in [0.3, 0.4) is 0 Å². The molecular weight excluding hydrogens is 184 g/mol. The van der Waals surface area contributed by atoms with Crippen LogP contribution in [0.15, 0.2) is 11.6 Å². The quantitative estimate of drug-likeness (QED) is 0.682. The molecule has 0 aromatic carbocycles. The fourth-order valence-corrected chi connectivity index (χ4v) is 2.11. The van der Waals surface area contributed by atoms with Gasteiger partial charge in [-0.15, -0.1) is 0 Å². The summed E-state index contributed by atoms with van der Waals surface area (Å²) in [4.78, 5) is 2.56. The maximum absolute atomic E-state index is 5.54. The van der Waals surface area contributed by atoms with Crippen molar-refractivity contribution >= 4 is 0 Å². The van der Waals surface area contributed by atoms with Gasteiger partial charge in [-0.1, -0.05) is 18.6 Å². The summed E-state index contributed by atoms with van der Waals surface area (Å²) < 4.78 is 0. The van der Waals surface area contributed by atoms with Crippen molar-refractivity contribution in [2.24, 2.45) is 11.7 Å². The molecule has 0 saturated carbocycles. The highest BCUT2D eigenvalue weighted by molar-refractivity contribution is 5.03. The number of hydrogen-bond acceptors (Lipinski definition) is 2. The summed E-state index contributed by atoms with van der Waals surface area (Å²) in [5, 5.41) is 0. The molecule has 1 heterocycles. The van der Waals surface area contributed by atoms with Crippen LogP contribution in [0.4, 0.5) is 0 Å². The molecule has 2 heteroatoms. The Morgan fingerprint density at radius 1 is 1.47 bits per heavy atom. The molecule has 0 aromatic heterocycles.